The van der Waals surface area contributed by atoms with Crippen LogP contribution in [0, 0.1) is 0 Å². The molecule has 0 spiro atoms. The molecule has 0 aromatic heterocycles. The minimum absolute atomic E-state index is 0.199. The number of nitrogens with one attached hydrogen (secondary N) is 1. The molecule has 1 amide bonds. The highest BCUT2D eigenvalue weighted by molar-refractivity contribution is 9.09. The van der Waals surface area contributed by atoms with Gasteiger partial charge in [-0.05, 0) is 6.42 Å². The Balaban J connectivity index is 4.08. The highest BCUT2D eigenvalue weighted by Gasteiger charge is 2.19. The SMILES string of the molecule is CCCC(NC(=O)CBr)C(=O)OC. The molecule has 0 aromatic carbocycles. The van der Waals surface area contributed by atoms with E-state index in [0.29, 0.717) is 6.42 Å². The van der Waals surface area contributed by atoms with Crippen LogP contribution >= 0.6 is 15.9 Å². The van der Waals surface area contributed by atoms with Crippen LogP contribution in [0.15, 0.2) is 0 Å². The fraction of sp³-hybridized carbons (Fsp3) is 0.750. The van der Waals surface area contributed by atoms with Gasteiger partial charge >= 0.3 is 5.97 Å². The quantitative estimate of drug-likeness (QED) is 0.582. The van der Waals surface area contributed by atoms with Crippen LogP contribution in [0.2, 0.25) is 0 Å². The third kappa shape index (κ3) is 4.87. The van der Waals surface area contributed by atoms with Crippen LogP contribution in [-0.2, 0) is 14.3 Å². The Bertz CT molecular complexity index is 184. The summed E-state index contributed by atoms with van der Waals surface area (Å²) in [5, 5.41) is 2.76. The van der Waals surface area contributed by atoms with Gasteiger partial charge < -0.3 is 10.1 Å². The molecule has 1 atom stereocenters. The Labute approximate surface area is 86.1 Å². The molecule has 0 rings (SSSR count). The third-order valence-corrected chi connectivity index (χ3v) is 2.03. The van der Waals surface area contributed by atoms with Gasteiger partial charge in [-0.1, -0.05) is 29.3 Å². The monoisotopic (exact) mass is 251 g/mol. The largest absolute Gasteiger partial charge is 0.467 e. The van der Waals surface area contributed by atoms with Crippen LogP contribution in [0.25, 0.3) is 0 Å². The van der Waals surface area contributed by atoms with Gasteiger partial charge in [-0.3, -0.25) is 4.79 Å². The number of hydrogen-bond donors (Lipinski definition) is 1. The van der Waals surface area contributed by atoms with Crippen LogP contribution in [0.3, 0.4) is 0 Å². The summed E-state index contributed by atoms with van der Waals surface area (Å²) in [5.74, 6) is -0.597. The Morgan fingerprint density at radius 1 is 1.54 bits per heavy atom. The fourth-order valence-electron chi connectivity index (χ4n) is 0.913. The highest BCUT2D eigenvalue weighted by Crippen LogP contribution is 1.99. The Hall–Kier alpha value is -0.580. The number of carbonyl (C=O) groups is 2. The molecule has 76 valence electrons. The van der Waals surface area contributed by atoms with E-state index in [1.54, 1.807) is 0 Å². The molecule has 0 aliphatic heterocycles. The van der Waals surface area contributed by atoms with Crippen molar-refractivity contribution in [2.24, 2.45) is 0 Å². The van der Waals surface area contributed by atoms with E-state index in [0.717, 1.165) is 6.42 Å². The van der Waals surface area contributed by atoms with Gasteiger partial charge in [-0.25, -0.2) is 4.79 Å². The zero-order valence-electron chi connectivity index (χ0n) is 7.80. The van der Waals surface area contributed by atoms with Crippen molar-refractivity contribution >= 4 is 27.8 Å². The van der Waals surface area contributed by atoms with E-state index in [-0.39, 0.29) is 11.2 Å². The number of methoxy groups -OCH3 is 1. The maximum absolute atomic E-state index is 11.1. The lowest BCUT2D eigenvalue weighted by Gasteiger charge is -2.14. The van der Waals surface area contributed by atoms with Crippen molar-refractivity contribution < 1.29 is 14.3 Å². The van der Waals surface area contributed by atoms with Crippen LogP contribution in [0.4, 0.5) is 0 Å². The molecule has 1 unspecified atom stereocenters. The number of alkyl halides is 1. The minimum Gasteiger partial charge on any atom is -0.467 e. The zero-order chi connectivity index (χ0) is 10.3. The van der Waals surface area contributed by atoms with E-state index in [1.807, 2.05) is 6.92 Å². The second-order valence-electron chi connectivity index (χ2n) is 2.57. The van der Waals surface area contributed by atoms with Crippen LogP contribution < -0.4 is 5.32 Å². The lowest BCUT2D eigenvalue weighted by atomic mass is 10.2. The van der Waals surface area contributed by atoms with Gasteiger partial charge in [0.15, 0.2) is 0 Å². The number of esters is 1. The molecule has 0 aliphatic rings. The average molecular weight is 252 g/mol. The van der Waals surface area contributed by atoms with E-state index in [4.69, 9.17) is 0 Å². The van der Waals surface area contributed by atoms with Crippen molar-refractivity contribution in [1.82, 2.24) is 5.32 Å². The zero-order valence-corrected chi connectivity index (χ0v) is 9.39. The van der Waals surface area contributed by atoms with Crippen molar-refractivity contribution in [2.75, 3.05) is 12.4 Å². The number of carbonyl (C=O) groups excluding carboxylic acids is 2. The van der Waals surface area contributed by atoms with Crippen molar-refractivity contribution in [3.63, 3.8) is 0 Å². The first-order valence-electron chi connectivity index (χ1n) is 4.08. The molecule has 0 aliphatic carbocycles. The second kappa shape index (κ2) is 6.88. The Morgan fingerprint density at radius 3 is 2.54 bits per heavy atom. The first kappa shape index (κ1) is 12.4. The molecule has 0 saturated carbocycles. The third-order valence-electron chi connectivity index (χ3n) is 1.52. The molecule has 13 heavy (non-hydrogen) atoms. The van der Waals surface area contributed by atoms with Gasteiger partial charge in [0.05, 0.1) is 12.4 Å². The molecule has 4 nitrogen and oxygen atoms in total. The van der Waals surface area contributed by atoms with Crippen molar-refractivity contribution in [3.05, 3.63) is 0 Å². The first-order chi connectivity index (χ1) is 6.15. The smallest absolute Gasteiger partial charge is 0.328 e. The topological polar surface area (TPSA) is 55.4 Å². The Morgan fingerprint density at radius 2 is 2.15 bits per heavy atom. The molecule has 5 heteroatoms. The minimum atomic E-state index is -0.514. The summed E-state index contributed by atoms with van der Waals surface area (Å²) < 4.78 is 4.54. The molecular weight excluding hydrogens is 238 g/mol. The highest BCUT2D eigenvalue weighted by atomic mass is 79.9. The van der Waals surface area contributed by atoms with Gasteiger partial charge in [0.2, 0.25) is 5.91 Å². The van der Waals surface area contributed by atoms with Crippen LogP contribution in [-0.4, -0.2) is 30.4 Å². The summed E-state index contributed by atoms with van der Waals surface area (Å²) in [7, 11) is 1.31. The first-order valence-corrected chi connectivity index (χ1v) is 5.21. The fourth-order valence-corrected chi connectivity index (χ4v) is 1.07. The maximum atomic E-state index is 11.1. The van der Waals surface area contributed by atoms with Crippen LogP contribution in [0.5, 0.6) is 0 Å². The second-order valence-corrected chi connectivity index (χ2v) is 3.13. The van der Waals surface area contributed by atoms with Gasteiger partial charge in [-0.2, -0.15) is 0 Å². The lowest BCUT2D eigenvalue weighted by Crippen LogP contribution is -2.41. The summed E-state index contributed by atoms with van der Waals surface area (Å²) in [5.41, 5.74) is 0. The molecule has 0 fully saturated rings. The van der Waals surface area contributed by atoms with Gasteiger partial charge in [-0.15, -0.1) is 0 Å². The van der Waals surface area contributed by atoms with E-state index in [9.17, 15) is 9.59 Å². The van der Waals surface area contributed by atoms with E-state index >= 15 is 0 Å². The van der Waals surface area contributed by atoms with Crippen molar-refractivity contribution in [1.29, 1.82) is 0 Å². The summed E-state index contributed by atoms with van der Waals surface area (Å²) in [6, 6.07) is -0.514. The van der Waals surface area contributed by atoms with Crippen molar-refractivity contribution in [3.8, 4) is 0 Å². The number of hydrogen-bond acceptors (Lipinski definition) is 3. The van der Waals surface area contributed by atoms with E-state index < -0.39 is 12.0 Å². The van der Waals surface area contributed by atoms with Crippen LogP contribution in [0.1, 0.15) is 19.8 Å². The molecule has 0 radical (unpaired) electrons. The number of rotatable bonds is 5. The number of amides is 1. The molecule has 0 aromatic rings. The van der Waals surface area contributed by atoms with E-state index in [1.165, 1.54) is 7.11 Å². The molecule has 0 saturated heterocycles. The predicted molar refractivity (Wildman–Crippen MR) is 52.6 cm³/mol. The van der Waals surface area contributed by atoms with Gasteiger partial charge in [0.25, 0.3) is 0 Å². The normalized spacial score (nSPS) is 11.9. The van der Waals surface area contributed by atoms with E-state index in [2.05, 4.69) is 26.0 Å². The summed E-state index contributed by atoms with van der Waals surface area (Å²) >= 11 is 3.00. The molecular formula is C8H14BrNO3. The molecule has 0 bridgehead atoms. The molecule has 1 N–H and O–H groups in total. The van der Waals surface area contributed by atoms with Crippen molar-refractivity contribution in [2.45, 2.75) is 25.8 Å². The van der Waals surface area contributed by atoms with Gasteiger partial charge in [0, 0.05) is 0 Å². The summed E-state index contributed by atoms with van der Waals surface area (Å²) in [6.45, 7) is 1.94. The maximum Gasteiger partial charge on any atom is 0.328 e. The summed E-state index contributed by atoms with van der Waals surface area (Å²) in [6.07, 6.45) is 1.42. The number of ether oxygens (including phenoxy) is 1. The van der Waals surface area contributed by atoms with Gasteiger partial charge in [0.1, 0.15) is 6.04 Å². The number of halogens is 1. The lowest BCUT2D eigenvalue weighted by molar-refractivity contribution is -0.145. The average Bonchev–Trinajstić information content (AvgIpc) is 2.15. The molecule has 0 heterocycles. The predicted octanol–water partition coefficient (Wildman–Crippen LogP) is 0.839. The Kier molecular flexibility index (Phi) is 6.58. The summed E-state index contributed by atoms with van der Waals surface area (Å²) in [4.78, 5) is 22.1. The standard InChI is InChI=1S/C8H14BrNO3/c1-3-4-6(8(12)13-2)10-7(11)5-9/h6H,3-5H2,1-2H3,(H,10,11).